The van der Waals surface area contributed by atoms with Gasteiger partial charge in [-0.1, -0.05) is 26.0 Å². The van der Waals surface area contributed by atoms with Gasteiger partial charge < -0.3 is 10.5 Å². The second kappa shape index (κ2) is 5.74. The van der Waals surface area contributed by atoms with Crippen molar-refractivity contribution in [3.05, 3.63) is 42.1 Å². The summed E-state index contributed by atoms with van der Waals surface area (Å²) in [4.78, 5) is 4.46. The monoisotopic (exact) mass is 256 g/mol. The lowest BCUT2D eigenvalue weighted by Crippen LogP contribution is -2.00. The molecule has 100 valence electrons. The zero-order valence-electron chi connectivity index (χ0n) is 11.7. The molecule has 0 aliphatic rings. The summed E-state index contributed by atoms with van der Waals surface area (Å²) in [5, 5.41) is 0. The molecule has 0 bridgehead atoms. The number of hydrogen-bond donors (Lipinski definition) is 1. The molecule has 1 heterocycles. The molecule has 0 saturated carbocycles. The first kappa shape index (κ1) is 13.4. The van der Waals surface area contributed by atoms with E-state index in [2.05, 4.69) is 24.9 Å². The molecule has 0 aliphatic carbocycles. The summed E-state index contributed by atoms with van der Waals surface area (Å²) < 4.78 is 5.55. The maximum atomic E-state index is 5.79. The smallest absolute Gasteiger partial charge is 0.123 e. The van der Waals surface area contributed by atoms with Crippen molar-refractivity contribution in [3.8, 4) is 16.9 Å². The van der Waals surface area contributed by atoms with E-state index in [4.69, 9.17) is 10.5 Å². The van der Waals surface area contributed by atoms with Crippen LogP contribution in [0.5, 0.6) is 5.75 Å². The highest BCUT2D eigenvalue weighted by Crippen LogP contribution is 2.30. The quantitative estimate of drug-likeness (QED) is 0.903. The van der Waals surface area contributed by atoms with Gasteiger partial charge in [0.2, 0.25) is 0 Å². The Hall–Kier alpha value is -2.03. The summed E-state index contributed by atoms with van der Waals surface area (Å²) in [6.45, 7) is 6.90. The summed E-state index contributed by atoms with van der Waals surface area (Å²) in [6, 6.07) is 12.0. The maximum Gasteiger partial charge on any atom is 0.123 e. The summed E-state index contributed by atoms with van der Waals surface area (Å²) in [5.41, 5.74) is 9.04. The maximum absolute atomic E-state index is 5.79. The Bertz CT molecular complexity index is 564. The van der Waals surface area contributed by atoms with Gasteiger partial charge in [0, 0.05) is 5.56 Å². The molecule has 0 saturated heterocycles. The lowest BCUT2D eigenvalue weighted by atomic mass is 9.97. The number of rotatable bonds is 4. The third kappa shape index (κ3) is 3.05. The molecule has 1 aromatic heterocycles. The molecule has 3 heteroatoms. The van der Waals surface area contributed by atoms with Gasteiger partial charge in [-0.3, -0.25) is 0 Å². The van der Waals surface area contributed by atoms with Crippen LogP contribution in [0.15, 0.2) is 36.4 Å². The van der Waals surface area contributed by atoms with Crippen LogP contribution in [-0.2, 0) is 0 Å². The van der Waals surface area contributed by atoms with E-state index in [1.165, 1.54) is 0 Å². The fourth-order valence-electron chi connectivity index (χ4n) is 2.09. The Labute approximate surface area is 114 Å². The Morgan fingerprint density at radius 1 is 1.21 bits per heavy atom. The van der Waals surface area contributed by atoms with Gasteiger partial charge in [-0.25, -0.2) is 4.98 Å². The summed E-state index contributed by atoms with van der Waals surface area (Å²) in [7, 11) is 0. The van der Waals surface area contributed by atoms with E-state index < -0.39 is 0 Å². The molecule has 0 amide bonds. The second-order valence-electron chi connectivity index (χ2n) is 4.78. The van der Waals surface area contributed by atoms with Crippen molar-refractivity contribution in [2.75, 3.05) is 12.3 Å². The summed E-state index contributed by atoms with van der Waals surface area (Å²) in [5.74, 6) is 1.77. The van der Waals surface area contributed by atoms with Gasteiger partial charge in [0.1, 0.15) is 11.6 Å². The first-order valence-electron chi connectivity index (χ1n) is 6.61. The van der Waals surface area contributed by atoms with Gasteiger partial charge in [-0.15, -0.1) is 0 Å². The van der Waals surface area contributed by atoms with Gasteiger partial charge in [-0.2, -0.15) is 0 Å². The molecule has 19 heavy (non-hydrogen) atoms. The molecule has 0 atom stereocenters. The number of ether oxygens (including phenoxy) is 1. The molecule has 2 rings (SSSR count). The SMILES string of the molecule is CCOc1cccc(-c2ccc(N)nc2C(C)C)c1. The zero-order valence-corrected chi connectivity index (χ0v) is 11.7. The van der Waals surface area contributed by atoms with Gasteiger partial charge >= 0.3 is 0 Å². The first-order valence-corrected chi connectivity index (χ1v) is 6.61. The van der Waals surface area contributed by atoms with Crippen molar-refractivity contribution < 1.29 is 4.74 Å². The van der Waals surface area contributed by atoms with Crippen LogP contribution < -0.4 is 10.5 Å². The van der Waals surface area contributed by atoms with Crippen molar-refractivity contribution in [1.82, 2.24) is 4.98 Å². The van der Waals surface area contributed by atoms with Crippen molar-refractivity contribution >= 4 is 5.82 Å². The number of hydrogen-bond acceptors (Lipinski definition) is 3. The van der Waals surface area contributed by atoms with Gasteiger partial charge in [0.05, 0.1) is 12.3 Å². The number of benzene rings is 1. The minimum Gasteiger partial charge on any atom is -0.494 e. The molecule has 3 nitrogen and oxygen atoms in total. The van der Waals surface area contributed by atoms with Crippen LogP contribution in [0.2, 0.25) is 0 Å². The molecule has 0 aliphatic heterocycles. The van der Waals surface area contributed by atoms with Gasteiger partial charge in [0.25, 0.3) is 0 Å². The van der Waals surface area contributed by atoms with E-state index >= 15 is 0 Å². The Morgan fingerprint density at radius 3 is 2.68 bits per heavy atom. The van der Waals surface area contributed by atoms with Crippen LogP contribution in [0, 0.1) is 0 Å². The number of nitrogens with two attached hydrogens (primary N) is 1. The summed E-state index contributed by atoms with van der Waals surface area (Å²) in [6.07, 6.45) is 0. The predicted octanol–water partition coefficient (Wildman–Crippen LogP) is 3.85. The molecular weight excluding hydrogens is 236 g/mol. The van der Waals surface area contributed by atoms with E-state index in [0.717, 1.165) is 22.6 Å². The van der Waals surface area contributed by atoms with Crippen LogP contribution in [0.3, 0.4) is 0 Å². The number of pyridine rings is 1. The lowest BCUT2D eigenvalue weighted by Gasteiger charge is -2.13. The minimum atomic E-state index is 0.328. The zero-order chi connectivity index (χ0) is 13.8. The van der Waals surface area contributed by atoms with E-state index in [9.17, 15) is 0 Å². The molecule has 0 fully saturated rings. The standard InChI is InChI=1S/C16H20N2O/c1-4-19-13-7-5-6-12(10-13)14-8-9-15(17)18-16(14)11(2)3/h5-11H,4H2,1-3H3,(H2,17,18). The normalized spacial score (nSPS) is 10.7. The number of aromatic nitrogens is 1. The van der Waals surface area contributed by atoms with Crippen molar-refractivity contribution in [3.63, 3.8) is 0 Å². The number of anilines is 1. The minimum absolute atomic E-state index is 0.328. The molecule has 0 spiro atoms. The molecule has 0 unspecified atom stereocenters. The fourth-order valence-corrected chi connectivity index (χ4v) is 2.09. The summed E-state index contributed by atoms with van der Waals surface area (Å²) >= 11 is 0. The largest absolute Gasteiger partial charge is 0.494 e. The molecule has 1 aromatic carbocycles. The Balaban J connectivity index is 2.49. The molecule has 2 N–H and O–H groups in total. The first-order chi connectivity index (χ1) is 9.11. The molecule has 2 aromatic rings. The molecular formula is C16H20N2O. The highest BCUT2D eigenvalue weighted by molar-refractivity contribution is 5.69. The lowest BCUT2D eigenvalue weighted by molar-refractivity contribution is 0.340. The van der Waals surface area contributed by atoms with Crippen LogP contribution >= 0.6 is 0 Å². The third-order valence-electron chi connectivity index (χ3n) is 2.95. The van der Waals surface area contributed by atoms with E-state index in [1.807, 2.05) is 37.3 Å². The van der Waals surface area contributed by atoms with Gasteiger partial charge in [-0.05, 0) is 42.7 Å². The van der Waals surface area contributed by atoms with E-state index in [0.29, 0.717) is 18.3 Å². The highest BCUT2D eigenvalue weighted by atomic mass is 16.5. The van der Waals surface area contributed by atoms with Crippen LogP contribution in [-0.4, -0.2) is 11.6 Å². The number of nitrogens with zero attached hydrogens (tertiary/aromatic N) is 1. The topological polar surface area (TPSA) is 48.1 Å². The van der Waals surface area contributed by atoms with Crippen molar-refractivity contribution in [2.45, 2.75) is 26.7 Å². The van der Waals surface area contributed by atoms with Crippen LogP contribution in [0.1, 0.15) is 32.4 Å². The van der Waals surface area contributed by atoms with E-state index in [-0.39, 0.29) is 0 Å². The third-order valence-corrected chi connectivity index (χ3v) is 2.95. The average Bonchev–Trinajstić information content (AvgIpc) is 2.39. The Kier molecular flexibility index (Phi) is 4.05. The average molecular weight is 256 g/mol. The van der Waals surface area contributed by atoms with Crippen LogP contribution in [0.4, 0.5) is 5.82 Å². The number of nitrogen functional groups attached to an aromatic ring is 1. The fraction of sp³-hybridized carbons (Fsp3) is 0.312. The predicted molar refractivity (Wildman–Crippen MR) is 79.3 cm³/mol. The van der Waals surface area contributed by atoms with Crippen LogP contribution in [0.25, 0.3) is 11.1 Å². The molecule has 0 radical (unpaired) electrons. The Morgan fingerprint density at radius 2 is 2.00 bits per heavy atom. The van der Waals surface area contributed by atoms with Crippen molar-refractivity contribution in [1.29, 1.82) is 0 Å². The van der Waals surface area contributed by atoms with E-state index in [1.54, 1.807) is 0 Å². The van der Waals surface area contributed by atoms with Gasteiger partial charge in [0.15, 0.2) is 0 Å². The second-order valence-corrected chi connectivity index (χ2v) is 4.78. The van der Waals surface area contributed by atoms with Crippen molar-refractivity contribution in [2.24, 2.45) is 0 Å². The highest BCUT2D eigenvalue weighted by Gasteiger charge is 2.11.